The van der Waals surface area contributed by atoms with E-state index >= 15 is 0 Å². The molecule has 0 saturated carbocycles. The van der Waals surface area contributed by atoms with Gasteiger partial charge in [0, 0.05) is 15.6 Å². The van der Waals surface area contributed by atoms with Crippen LogP contribution < -0.4 is 0 Å². The molecule has 0 aliphatic carbocycles. The molecule has 2 aromatic rings. The molecule has 1 aromatic heterocycles. The van der Waals surface area contributed by atoms with Crippen LogP contribution in [0.1, 0.15) is 30.3 Å². The van der Waals surface area contributed by atoms with E-state index in [0.717, 1.165) is 24.1 Å². The van der Waals surface area contributed by atoms with E-state index in [4.69, 9.17) is 28.5 Å². The van der Waals surface area contributed by atoms with Gasteiger partial charge in [0.05, 0.1) is 12.2 Å². The van der Waals surface area contributed by atoms with Crippen molar-refractivity contribution in [2.75, 3.05) is 0 Å². The van der Waals surface area contributed by atoms with Crippen LogP contribution in [-0.4, -0.2) is 15.0 Å². The average molecular weight is 295 g/mol. The molecule has 98 valence electrons. The zero-order valence-electron chi connectivity index (χ0n) is 10.4. The average Bonchev–Trinajstić information content (AvgIpc) is 2.77. The smallest absolute Gasteiger partial charge is 0.185 e. The number of benzene rings is 1. The molecule has 0 saturated heterocycles. The number of nitrogens with zero attached hydrogens (tertiary/aromatic N) is 4. The zero-order chi connectivity index (χ0) is 13.8. The first-order valence-electron chi connectivity index (χ1n) is 5.92. The van der Waals surface area contributed by atoms with Crippen molar-refractivity contribution in [1.82, 2.24) is 15.0 Å². The summed E-state index contributed by atoms with van der Waals surface area (Å²) in [4.78, 5) is 0. The first-order valence-corrected chi connectivity index (χ1v) is 6.68. The second-order valence-electron chi connectivity index (χ2n) is 4.10. The highest BCUT2D eigenvalue weighted by Gasteiger charge is 2.14. The van der Waals surface area contributed by atoms with Crippen LogP contribution in [0.4, 0.5) is 0 Å². The van der Waals surface area contributed by atoms with Crippen molar-refractivity contribution in [1.29, 1.82) is 5.26 Å². The van der Waals surface area contributed by atoms with E-state index in [1.54, 1.807) is 22.9 Å². The van der Waals surface area contributed by atoms with E-state index < -0.39 is 0 Å². The number of hydrogen-bond donors (Lipinski definition) is 0. The van der Waals surface area contributed by atoms with Gasteiger partial charge in [-0.3, -0.25) is 0 Å². The van der Waals surface area contributed by atoms with Gasteiger partial charge in [-0.15, -0.1) is 5.10 Å². The van der Waals surface area contributed by atoms with Gasteiger partial charge in [-0.2, -0.15) is 5.26 Å². The lowest BCUT2D eigenvalue weighted by molar-refractivity contribution is 0.613. The second-order valence-corrected chi connectivity index (χ2v) is 4.92. The van der Waals surface area contributed by atoms with Gasteiger partial charge in [0.25, 0.3) is 0 Å². The van der Waals surface area contributed by atoms with Gasteiger partial charge in [0.2, 0.25) is 0 Å². The monoisotopic (exact) mass is 294 g/mol. The molecule has 4 nitrogen and oxygen atoms in total. The van der Waals surface area contributed by atoms with Crippen molar-refractivity contribution < 1.29 is 0 Å². The predicted octanol–water partition coefficient (Wildman–Crippen LogP) is 3.46. The normalized spacial score (nSPS) is 10.4. The summed E-state index contributed by atoms with van der Waals surface area (Å²) in [6, 6.07) is 7.41. The fourth-order valence-electron chi connectivity index (χ4n) is 1.86. The zero-order valence-corrected chi connectivity index (χ0v) is 11.9. The van der Waals surface area contributed by atoms with Gasteiger partial charge < -0.3 is 0 Å². The molecule has 0 fully saturated rings. The standard InChI is InChI=1S/C13H12Cl2N4/c1-2-4-13-12(7-16)17-18-19(13)8-9-10(14)5-3-6-11(9)15/h3,5-6H,2,4,8H2,1H3. The van der Waals surface area contributed by atoms with Crippen molar-refractivity contribution >= 4 is 23.2 Å². The Morgan fingerprint density at radius 1 is 1.32 bits per heavy atom. The number of nitriles is 1. The molecular weight excluding hydrogens is 283 g/mol. The van der Waals surface area contributed by atoms with E-state index in [-0.39, 0.29) is 0 Å². The van der Waals surface area contributed by atoms with Crippen molar-refractivity contribution in [2.24, 2.45) is 0 Å². The fraction of sp³-hybridized carbons (Fsp3) is 0.308. The Bertz CT molecular complexity index is 608. The Labute approximate surface area is 121 Å². The van der Waals surface area contributed by atoms with Crippen LogP contribution in [0.2, 0.25) is 10.0 Å². The van der Waals surface area contributed by atoms with Crippen LogP contribution in [0.15, 0.2) is 18.2 Å². The van der Waals surface area contributed by atoms with E-state index in [1.165, 1.54) is 0 Å². The summed E-state index contributed by atoms with van der Waals surface area (Å²) in [5, 5.41) is 18.1. The van der Waals surface area contributed by atoms with E-state index in [1.807, 2.05) is 6.92 Å². The van der Waals surface area contributed by atoms with E-state index in [0.29, 0.717) is 22.3 Å². The molecule has 0 aliphatic heterocycles. The first kappa shape index (κ1) is 13.9. The summed E-state index contributed by atoms with van der Waals surface area (Å²) in [5.74, 6) is 0. The van der Waals surface area contributed by atoms with Crippen LogP contribution in [-0.2, 0) is 13.0 Å². The third-order valence-corrected chi connectivity index (χ3v) is 3.51. The topological polar surface area (TPSA) is 54.5 Å². The van der Waals surface area contributed by atoms with Gasteiger partial charge >= 0.3 is 0 Å². The minimum atomic E-state index is 0.366. The molecule has 0 radical (unpaired) electrons. The molecule has 19 heavy (non-hydrogen) atoms. The quantitative estimate of drug-likeness (QED) is 0.868. The molecular formula is C13H12Cl2N4. The Kier molecular flexibility index (Phi) is 4.41. The number of hydrogen-bond acceptors (Lipinski definition) is 3. The molecule has 0 atom stereocenters. The SMILES string of the molecule is CCCc1c(C#N)nnn1Cc1c(Cl)cccc1Cl. The highest BCUT2D eigenvalue weighted by molar-refractivity contribution is 6.35. The lowest BCUT2D eigenvalue weighted by Gasteiger charge is -2.09. The summed E-state index contributed by atoms with van der Waals surface area (Å²) in [7, 11) is 0. The van der Waals surface area contributed by atoms with Crippen molar-refractivity contribution in [3.63, 3.8) is 0 Å². The van der Waals surface area contributed by atoms with Crippen LogP contribution in [0, 0.1) is 11.3 Å². The van der Waals surface area contributed by atoms with Crippen LogP contribution >= 0.6 is 23.2 Å². The van der Waals surface area contributed by atoms with E-state index in [2.05, 4.69) is 16.4 Å². The minimum absolute atomic E-state index is 0.366. The predicted molar refractivity (Wildman–Crippen MR) is 74.3 cm³/mol. The van der Waals surface area contributed by atoms with Gasteiger partial charge in [-0.05, 0) is 18.6 Å². The molecule has 1 aromatic carbocycles. The van der Waals surface area contributed by atoms with Crippen molar-refractivity contribution in [2.45, 2.75) is 26.3 Å². The summed E-state index contributed by atoms with van der Waals surface area (Å²) in [5.41, 5.74) is 1.98. The highest BCUT2D eigenvalue weighted by Crippen LogP contribution is 2.25. The van der Waals surface area contributed by atoms with Gasteiger partial charge in [-0.25, -0.2) is 4.68 Å². The summed E-state index contributed by atoms with van der Waals surface area (Å²) in [6.45, 7) is 2.46. The Hall–Kier alpha value is -1.57. The first-order chi connectivity index (χ1) is 9.17. The lowest BCUT2D eigenvalue weighted by atomic mass is 10.2. The molecule has 0 N–H and O–H groups in total. The van der Waals surface area contributed by atoms with Gasteiger partial charge in [0.15, 0.2) is 5.69 Å². The molecule has 0 bridgehead atoms. The maximum absolute atomic E-state index is 9.02. The minimum Gasteiger partial charge on any atom is -0.243 e. The van der Waals surface area contributed by atoms with Crippen molar-refractivity contribution in [3.05, 3.63) is 45.2 Å². The fourth-order valence-corrected chi connectivity index (χ4v) is 2.38. The highest BCUT2D eigenvalue weighted by atomic mass is 35.5. The van der Waals surface area contributed by atoms with Crippen LogP contribution in [0.5, 0.6) is 0 Å². The summed E-state index contributed by atoms with van der Waals surface area (Å²) < 4.78 is 1.69. The molecule has 0 unspecified atom stereocenters. The molecule has 0 aliphatic rings. The van der Waals surface area contributed by atoms with E-state index in [9.17, 15) is 0 Å². The molecule has 2 rings (SSSR count). The molecule has 6 heteroatoms. The largest absolute Gasteiger partial charge is 0.243 e. The van der Waals surface area contributed by atoms with Gasteiger partial charge in [0.1, 0.15) is 6.07 Å². The summed E-state index contributed by atoms with van der Waals surface area (Å²) in [6.07, 6.45) is 1.66. The second kappa shape index (κ2) is 6.05. The van der Waals surface area contributed by atoms with Crippen LogP contribution in [0.3, 0.4) is 0 Å². The van der Waals surface area contributed by atoms with Crippen molar-refractivity contribution in [3.8, 4) is 6.07 Å². The Balaban J connectivity index is 2.39. The third kappa shape index (κ3) is 2.89. The molecule has 0 spiro atoms. The number of rotatable bonds is 4. The number of halogens is 2. The maximum atomic E-state index is 9.02. The molecule has 1 heterocycles. The van der Waals surface area contributed by atoms with Gasteiger partial charge in [-0.1, -0.05) is 47.8 Å². The van der Waals surface area contributed by atoms with Crippen LogP contribution in [0.25, 0.3) is 0 Å². The maximum Gasteiger partial charge on any atom is 0.185 e. The Morgan fingerprint density at radius 3 is 2.58 bits per heavy atom. The third-order valence-electron chi connectivity index (χ3n) is 2.80. The lowest BCUT2D eigenvalue weighted by Crippen LogP contribution is -2.08. The Morgan fingerprint density at radius 2 is 2.00 bits per heavy atom. The number of aromatic nitrogens is 3. The summed E-state index contributed by atoms with van der Waals surface area (Å²) >= 11 is 12.3. The molecule has 0 amide bonds.